The summed E-state index contributed by atoms with van der Waals surface area (Å²) in [5.74, 6) is -2.10. The molecule has 0 N–H and O–H groups in total. The van der Waals surface area contributed by atoms with Gasteiger partial charge in [0.05, 0.1) is 0 Å². The maximum Gasteiger partial charge on any atom is 0.490 e. The molecule has 0 saturated carbocycles. The van der Waals surface area contributed by atoms with Crippen molar-refractivity contribution in [3.8, 4) is 0 Å². The molecule has 0 fully saturated rings. The monoisotopic (exact) mass is 282 g/mol. The lowest BCUT2D eigenvalue weighted by Gasteiger charge is -2.25. The highest BCUT2D eigenvalue weighted by atomic mass is 19.4. The number of esters is 1. The number of hydrogen-bond acceptors (Lipinski definition) is 2. The van der Waals surface area contributed by atoms with Gasteiger partial charge < -0.3 is 4.74 Å². The number of unbranched alkanes of at least 4 members (excludes halogenated alkanes) is 6. The molecule has 0 saturated heterocycles. The predicted molar refractivity (Wildman–Crippen MR) is 68.8 cm³/mol. The van der Waals surface area contributed by atoms with Crippen LogP contribution in [0.5, 0.6) is 0 Å². The molecule has 0 aliphatic carbocycles. The molecule has 0 aromatic heterocycles. The Bertz CT molecular complexity index is 260. The zero-order valence-electron chi connectivity index (χ0n) is 12.1. The lowest BCUT2D eigenvalue weighted by molar-refractivity contribution is -0.212. The molecule has 0 aliphatic rings. The van der Waals surface area contributed by atoms with Gasteiger partial charge in [-0.25, -0.2) is 4.79 Å². The summed E-state index contributed by atoms with van der Waals surface area (Å²) < 4.78 is 40.7. The quantitative estimate of drug-likeness (QED) is 0.439. The van der Waals surface area contributed by atoms with Crippen LogP contribution in [-0.2, 0) is 9.53 Å². The molecule has 0 aromatic carbocycles. The number of rotatable bonds is 9. The summed E-state index contributed by atoms with van der Waals surface area (Å²) in [5, 5.41) is 0. The van der Waals surface area contributed by atoms with Crippen LogP contribution in [0.2, 0.25) is 0 Å². The molecule has 0 amide bonds. The van der Waals surface area contributed by atoms with Crippen molar-refractivity contribution >= 4 is 5.97 Å². The first-order chi connectivity index (χ1) is 8.69. The Morgan fingerprint density at radius 1 is 0.947 bits per heavy atom. The number of ether oxygens (including phenoxy) is 1. The first kappa shape index (κ1) is 18.3. The summed E-state index contributed by atoms with van der Waals surface area (Å²) in [7, 11) is 0. The van der Waals surface area contributed by atoms with Crippen molar-refractivity contribution in [3.63, 3.8) is 0 Å². The van der Waals surface area contributed by atoms with Crippen LogP contribution < -0.4 is 0 Å². The zero-order chi connectivity index (χ0) is 14.9. The Kier molecular flexibility index (Phi) is 8.11. The molecule has 0 spiro atoms. The Hall–Kier alpha value is -0.740. The highest BCUT2D eigenvalue weighted by molar-refractivity contribution is 5.76. The second kappa shape index (κ2) is 8.43. The first-order valence-corrected chi connectivity index (χ1v) is 6.99. The smallest absolute Gasteiger partial charge is 0.453 e. The highest BCUT2D eigenvalue weighted by Crippen LogP contribution is 2.25. The van der Waals surface area contributed by atoms with E-state index in [1.165, 1.54) is 33.1 Å². The van der Waals surface area contributed by atoms with E-state index >= 15 is 0 Å². The number of carbonyl (C=O) groups is 1. The van der Waals surface area contributed by atoms with Crippen LogP contribution >= 0.6 is 0 Å². The first-order valence-electron chi connectivity index (χ1n) is 6.99. The third kappa shape index (κ3) is 9.79. The maximum absolute atomic E-state index is 12.1. The second-order valence-corrected chi connectivity index (χ2v) is 5.52. The number of hydrogen-bond donors (Lipinski definition) is 0. The van der Waals surface area contributed by atoms with Gasteiger partial charge in [-0.15, -0.1) is 0 Å². The summed E-state index contributed by atoms with van der Waals surface area (Å²) in [4.78, 5) is 10.7. The number of alkyl halides is 3. The Morgan fingerprint density at radius 2 is 1.42 bits per heavy atom. The van der Waals surface area contributed by atoms with Crippen LogP contribution in [0.1, 0.15) is 72.1 Å². The molecule has 0 heterocycles. The van der Waals surface area contributed by atoms with Gasteiger partial charge in [0.25, 0.3) is 0 Å². The van der Waals surface area contributed by atoms with Crippen molar-refractivity contribution in [1.29, 1.82) is 0 Å². The minimum absolute atomic E-state index is 0.461. The van der Waals surface area contributed by atoms with Gasteiger partial charge in [0.15, 0.2) is 0 Å². The van der Waals surface area contributed by atoms with E-state index in [1.807, 2.05) is 0 Å². The van der Waals surface area contributed by atoms with E-state index in [2.05, 4.69) is 11.7 Å². The van der Waals surface area contributed by atoms with Crippen LogP contribution in [0.3, 0.4) is 0 Å². The normalized spacial score (nSPS) is 12.5. The van der Waals surface area contributed by atoms with Gasteiger partial charge >= 0.3 is 12.1 Å². The van der Waals surface area contributed by atoms with Gasteiger partial charge in [-0.3, -0.25) is 0 Å². The van der Waals surface area contributed by atoms with E-state index in [0.717, 1.165) is 25.7 Å². The number of carbonyl (C=O) groups excluding carboxylic acids is 1. The zero-order valence-corrected chi connectivity index (χ0v) is 12.1. The topological polar surface area (TPSA) is 26.3 Å². The summed E-state index contributed by atoms with van der Waals surface area (Å²) in [6.07, 6.45) is 3.19. The molecule has 0 bridgehead atoms. The third-order valence-corrected chi connectivity index (χ3v) is 2.98. The van der Waals surface area contributed by atoms with Crippen molar-refractivity contribution in [1.82, 2.24) is 0 Å². The number of halogens is 3. The molecule has 0 unspecified atom stereocenters. The van der Waals surface area contributed by atoms with Gasteiger partial charge in [-0.05, 0) is 26.7 Å². The molecule has 0 aliphatic heterocycles. The maximum atomic E-state index is 12.1. The lowest BCUT2D eigenvalue weighted by Crippen LogP contribution is -2.35. The molecular formula is C14H25F3O2. The van der Waals surface area contributed by atoms with Crippen LogP contribution in [0, 0.1) is 0 Å². The van der Waals surface area contributed by atoms with Crippen molar-refractivity contribution in [2.75, 3.05) is 0 Å². The van der Waals surface area contributed by atoms with E-state index in [1.54, 1.807) is 0 Å². The van der Waals surface area contributed by atoms with Gasteiger partial charge in [0.1, 0.15) is 5.60 Å². The van der Waals surface area contributed by atoms with Crippen molar-refractivity contribution < 1.29 is 22.7 Å². The van der Waals surface area contributed by atoms with E-state index in [-0.39, 0.29) is 0 Å². The molecule has 0 rings (SSSR count). The summed E-state index contributed by atoms with van der Waals surface area (Å²) >= 11 is 0. The van der Waals surface area contributed by atoms with Crippen LogP contribution in [0.15, 0.2) is 0 Å². The molecule has 2 nitrogen and oxygen atoms in total. The lowest BCUT2D eigenvalue weighted by atomic mass is 9.99. The molecule has 5 heteroatoms. The Labute approximate surface area is 113 Å². The minimum Gasteiger partial charge on any atom is -0.453 e. The fraction of sp³-hybridized carbons (Fsp3) is 0.929. The van der Waals surface area contributed by atoms with Gasteiger partial charge in [-0.2, -0.15) is 13.2 Å². The molecule has 114 valence electrons. The van der Waals surface area contributed by atoms with Crippen molar-refractivity contribution in [2.24, 2.45) is 0 Å². The summed E-state index contributed by atoms with van der Waals surface area (Å²) in [6, 6.07) is 0. The molecular weight excluding hydrogens is 257 g/mol. The second-order valence-electron chi connectivity index (χ2n) is 5.52. The van der Waals surface area contributed by atoms with E-state index in [4.69, 9.17) is 0 Å². The average molecular weight is 282 g/mol. The summed E-state index contributed by atoms with van der Waals surface area (Å²) in [6.45, 7) is 5.19. The van der Waals surface area contributed by atoms with Crippen LogP contribution in [0.25, 0.3) is 0 Å². The van der Waals surface area contributed by atoms with E-state index in [9.17, 15) is 18.0 Å². The highest BCUT2D eigenvalue weighted by Gasteiger charge is 2.43. The SMILES string of the molecule is CCCCCCCCCC(C)(C)OC(=O)C(F)(F)F. The molecule has 0 atom stereocenters. The van der Waals surface area contributed by atoms with E-state index in [0.29, 0.717) is 6.42 Å². The Morgan fingerprint density at radius 3 is 1.89 bits per heavy atom. The predicted octanol–water partition coefficient (Wildman–Crippen LogP) is 5.01. The molecule has 0 radical (unpaired) electrons. The average Bonchev–Trinajstić information content (AvgIpc) is 2.26. The third-order valence-electron chi connectivity index (χ3n) is 2.98. The van der Waals surface area contributed by atoms with Gasteiger partial charge in [0.2, 0.25) is 0 Å². The molecule has 0 aromatic rings. The largest absolute Gasteiger partial charge is 0.490 e. The minimum atomic E-state index is -4.91. The van der Waals surface area contributed by atoms with Crippen LogP contribution in [0.4, 0.5) is 13.2 Å². The van der Waals surface area contributed by atoms with Gasteiger partial charge in [0, 0.05) is 0 Å². The van der Waals surface area contributed by atoms with Crippen molar-refractivity contribution in [3.05, 3.63) is 0 Å². The van der Waals surface area contributed by atoms with Gasteiger partial charge in [-0.1, -0.05) is 45.4 Å². The van der Waals surface area contributed by atoms with Crippen LogP contribution in [-0.4, -0.2) is 17.7 Å². The fourth-order valence-corrected chi connectivity index (χ4v) is 1.87. The standard InChI is InChI=1S/C14H25F3O2/c1-4-5-6-7-8-9-10-11-13(2,3)19-12(18)14(15,16)17/h4-11H2,1-3H3. The molecule has 19 heavy (non-hydrogen) atoms. The van der Waals surface area contributed by atoms with Crippen molar-refractivity contribution in [2.45, 2.75) is 83.9 Å². The fourth-order valence-electron chi connectivity index (χ4n) is 1.87. The Balaban J connectivity index is 3.76. The van der Waals surface area contributed by atoms with E-state index < -0.39 is 17.7 Å². The summed E-state index contributed by atoms with van der Waals surface area (Å²) in [5.41, 5.74) is -1.05.